The normalized spacial score (nSPS) is 11.3. The topological polar surface area (TPSA) is 62.8 Å². The lowest BCUT2D eigenvalue weighted by atomic mass is 10.0. The third kappa shape index (κ3) is 1.02. The summed E-state index contributed by atoms with van der Waals surface area (Å²) in [5.74, 6) is 0. The van der Waals surface area contributed by atoms with Crippen molar-refractivity contribution in [3.05, 3.63) is 50.0 Å². The predicted octanol–water partition coefficient (Wildman–Crippen LogP) is 1.48. The van der Waals surface area contributed by atoms with Crippen LogP contribution in [0, 0.1) is 0 Å². The number of nitrogens with one attached hydrogen (secondary N) is 1. The summed E-state index contributed by atoms with van der Waals surface area (Å²) in [6, 6.07) is 3.58. The molecule has 16 heavy (non-hydrogen) atoms. The van der Waals surface area contributed by atoms with Crippen molar-refractivity contribution in [3.63, 3.8) is 0 Å². The van der Waals surface area contributed by atoms with Crippen LogP contribution in [0.2, 0.25) is 5.02 Å². The molecule has 1 N–H and O–H groups in total. The van der Waals surface area contributed by atoms with Crippen molar-refractivity contribution in [3.8, 4) is 11.1 Å². The lowest BCUT2D eigenvalue weighted by Gasteiger charge is -2.02. The molecule has 78 valence electrons. The van der Waals surface area contributed by atoms with Crippen LogP contribution >= 0.6 is 11.6 Å². The van der Waals surface area contributed by atoms with Crippen molar-refractivity contribution in [2.24, 2.45) is 0 Å². The molecule has 2 heterocycles. The summed E-state index contributed by atoms with van der Waals surface area (Å²) in [4.78, 5) is 29.4. The summed E-state index contributed by atoms with van der Waals surface area (Å²) in [5.41, 5.74) is 0.440. The van der Waals surface area contributed by atoms with Crippen molar-refractivity contribution >= 4 is 22.6 Å². The number of aromatic nitrogens is 2. The lowest BCUT2D eigenvalue weighted by Crippen LogP contribution is -2.33. The van der Waals surface area contributed by atoms with E-state index in [4.69, 9.17) is 11.6 Å². The van der Waals surface area contributed by atoms with Gasteiger partial charge in [-0.1, -0.05) is 11.6 Å². The summed E-state index contributed by atoms with van der Waals surface area (Å²) < 4.78 is 0. The Kier molecular flexibility index (Phi) is 1.76. The highest BCUT2D eigenvalue weighted by Crippen LogP contribution is 2.29. The van der Waals surface area contributed by atoms with Gasteiger partial charge in [-0.15, -0.1) is 0 Å². The highest BCUT2D eigenvalue weighted by molar-refractivity contribution is 6.34. The molecule has 0 aliphatic carbocycles. The van der Waals surface area contributed by atoms with Gasteiger partial charge in [0.15, 0.2) is 0 Å². The maximum atomic E-state index is 11.4. The minimum absolute atomic E-state index is 0.00903. The van der Waals surface area contributed by atoms with Crippen molar-refractivity contribution in [2.45, 2.75) is 0 Å². The van der Waals surface area contributed by atoms with E-state index in [1.807, 2.05) is 6.07 Å². The minimum atomic E-state index is -0.616. The number of fused-ring (bicyclic) bond motifs is 1. The Hall–Kier alpha value is -1.94. The number of aromatic amines is 1. The van der Waals surface area contributed by atoms with Crippen LogP contribution in [0.15, 0.2) is 34.1 Å². The van der Waals surface area contributed by atoms with Gasteiger partial charge in [0.25, 0.3) is 0 Å². The van der Waals surface area contributed by atoms with E-state index in [1.54, 1.807) is 18.5 Å². The summed E-state index contributed by atoms with van der Waals surface area (Å²) in [5, 5.41) is 0.797. The van der Waals surface area contributed by atoms with Gasteiger partial charge in [0.05, 0.1) is 5.56 Å². The quantitative estimate of drug-likeness (QED) is 0.647. The third-order valence-electron chi connectivity index (χ3n) is 2.57. The van der Waals surface area contributed by atoms with Crippen LogP contribution in [0.3, 0.4) is 0 Å². The Bertz CT molecular complexity index is 766. The van der Waals surface area contributed by atoms with Crippen molar-refractivity contribution in [2.75, 3.05) is 0 Å². The Morgan fingerprint density at radius 3 is 2.81 bits per heavy atom. The van der Waals surface area contributed by atoms with Crippen LogP contribution in [0.1, 0.15) is 0 Å². The number of hydrogen-bond acceptors (Lipinski definition) is 3. The van der Waals surface area contributed by atoms with E-state index in [-0.39, 0.29) is 10.6 Å². The maximum Gasteiger partial charge on any atom is 0.245 e. The molecule has 3 rings (SSSR count). The smallest absolute Gasteiger partial charge is 0.245 e. The molecular formula is C11H5ClN2O2. The molecule has 5 heteroatoms. The van der Waals surface area contributed by atoms with Gasteiger partial charge in [0, 0.05) is 23.3 Å². The molecule has 0 aliphatic heterocycles. The zero-order valence-corrected chi connectivity index (χ0v) is 8.71. The Morgan fingerprint density at radius 2 is 2.06 bits per heavy atom. The molecule has 0 aliphatic rings. The van der Waals surface area contributed by atoms with Crippen LogP contribution in [0.4, 0.5) is 0 Å². The molecule has 0 spiro atoms. The molecule has 0 saturated carbocycles. The summed E-state index contributed by atoms with van der Waals surface area (Å²) in [7, 11) is 0. The third-order valence-corrected chi connectivity index (χ3v) is 2.93. The number of rotatable bonds is 1. The van der Waals surface area contributed by atoms with E-state index in [2.05, 4.69) is 9.97 Å². The molecule has 0 radical (unpaired) electrons. The summed E-state index contributed by atoms with van der Waals surface area (Å²) in [6.45, 7) is 0. The first-order chi connectivity index (χ1) is 7.70. The molecule has 0 amide bonds. The van der Waals surface area contributed by atoms with Crippen molar-refractivity contribution in [1.29, 1.82) is 0 Å². The summed E-state index contributed by atoms with van der Waals surface area (Å²) in [6.07, 6.45) is 3.28. The molecule has 4 nitrogen and oxygen atoms in total. The van der Waals surface area contributed by atoms with Gasteiger partial charge in [-0.25, -0.2) is 4.98 Å². The van der Waals surface area contributed by atoms with Gasteiger partial charge in [-0.2, -0.15) is 0 Å². The number of H-pyrrole nitrogens is 1. The van der Waals surface area contributed by atoms with Crippen LogP contribution in [0.25, 0.3) is 22.2 Å². The highest BCUT2D eigenvalue weighted by atomic mass is 35.5. The Labute approximate surface area is 94.2 Å². The molecule has 2 aromatic heterocycles. The van der Waals surface area contributed by atoms with Gasteiger partial charge in [0.1, 0.15) is 10.7 Å². The monoisotopic (exact) mass is 232 g/mol. The SMILES string of the molecule is O=c1c(Cl)c(-c2c[nH]c3ncccc23)c1=O. The van der Waals surface area contributed by atoms with Gasteiger partial charge in [-0.05, 0) is 12.1 Å². The van der Waals surface area contributed by atoms with Gasteiger partial charge in [-0.3, -0.25) is 9.59 Å². The van der Waals surface area contributed by atoms with Crippen molar-refractivity contribution in [1.82, 2.24) is 9.97 Å². The average molecular weight is 233 g/mol. The number of halogens is 1. The van der Waals surface area contributed by atoms with Gasteiger partial charge >= 0.3 is 0 Å². The molecule has 0 bridgehead atoms. The van der Waals surface area contributed by atoms with Crippen molar-refractivity contribution < 1.29 is 0 Å². The van der Waals surface area contributed by atoms with Gasteiger partial charge in [0.2, 0.25) is 10.9 Å². The largest absolute Gasteiger partial charge is 0.346 e. The van der Waals surface area contributed by atoms with E-state index in [0.717, 1.165) is 5.39 Å². The van der Waals surface area contributed by atoms with E-state index in [0.29, 0.717) is 11.2 Å². The molecule has 0 unspecified atom stereocenters. The second-order valence-corrected chi connectivity index (χ2v) is 3.83. The van der Waals surface area contributed by atoms with Crippen LogP contribution in [0.5, 0.6) is 0 Å². The Morgan fingerprint density at radius 1 is 1.25 bits per heavy atom. The van der Waals surface area contributed by atoms with Crippen LogP contribution in [-0.2, 0) is 0 Å². The number of nitrogens with zero attached hydrogens (tertiary/aromatic N) is 1. The zero-order chi connectivity index (χ0) is 11.3. The average Bonchev–Trinajstić information content (AvgIpc) is 2.73. The molecule has 0 saturated heterocycles. The second-order valence-electron chi connectivity index (χ2n) is 3.45. The lowest BCUT2D eigenvalue weighted by molar-refractivity contribution is 1.32. The second kappa shape index (κ2) is 3.02. The predicted molar refractivity (Wildman–Crippen MR) is 61.5 cm³/mol. The standard InChI is InChI=1S/C11H5ClN2O2/c12-8-7(9(15)10(8)16)6-4-14-11-5(6)2-1-3-13-11/h1-4H,(H,13,14). The molecule has 3 aromatic rings. The van der Waals surface area contributed by atoms with Gasteiger partial charge < -0.3 is 4.98 Å². The molecular weight excluding hydrogens is 228 g/mol. The van der Waals surface area contributed by atoms with Crippen LogP contribution in [-0.4, -0.2) is 9.97 Å². The zero-order valence-electron chi connectivity index (χ0n) is 7.95. The minimum Gasteiger partial charge on any atom is -0.346 e. The van der Waals surface area contributed by atoms with E-state index in [9.17, 15) is 9.59 Å². The van der Waals surface area contributed by atoms with Crippen LogP contribution < -0.4 is 10.9 Å². The fraction of sp³-hybridized carbons (Fsp3) is 0. The first-order valence-electron chi connectivity index (χ1n) is 4.61. The van der Waals surface area contributed by atoms with E-state index in [1.165, 1.54) is 0 Å². The first-order valence-corrected chi connectivity index (χ1v) is 4.99. The molecule has 1 aromatic carbocycles. The number of pyridine rings is 1. The summed E-state index contributed by atoms with van der Waals surface area (Å²) >= 11 is 5.73. The van der Waals surface area contributed by atoms with E-state index >= 15 is 0 Å². The fourth-order valence-corrected chi connectivity index (χ4v) is 2.04. The maximum absolute atomic E-state index is 11.4. The highest BCUT2D eigenvalue weighted by Gasteiger charge is 2.22. The molecule has 0 atom stereocenters. The fourth-order valence-electron chi connectivity index (χ4n) is 1.77. The molecule has 0 fully saturated rings. The first kappa shape index (κ1) is 9.30. The number of hydrogen-bond donors (Lipinski definition) is 1. The Balaban J connectivity index is 2.37. The van der Waals surface area contributed by atoms with E-state index < -0.39 is 10.9 Å².